The molecule has 92 valence electrons. The molecule has 0 unspecified atom stereocenters. The third-order valence-corrected chi connectivity index (χ3v) is 2.46. The molecule has 5 nitrogen and oxygen atoms in total. The van der Waals surface area contributed by atoms with Crippen molar-refractivity contribution in [2.45, 2.75) is 26.7 Å². The summed E-state index contributed by atoms with van der Waals surface area (Å²) >= 11 is 0. The summed E-state index contributed by atoms with van der Waals surface area (Å²) in [5.74, 6) is 1.26. The predicted octanol–water partition coefficient (Wildman–Crippen LogP) is 1.26. The van der Waals surface area contributed by atoms with Crippen molar-refractivity contribution in [2.75, 3.05) is 24.6 Å². The van der Waals surface area contributed by atoms with Crippen LogP contribution in [0.4, 0.5) is 5.82 Å². The molecule has 0 saturated heterocycles. The zero-order valence-electron chi connectivity index (χ0n) is 10.3. The van der Waals surface area contributed by atoms with Crippen LogP contribution in [-0.4, -0.2) is 34.8 Å². The summed E-state index contributed by atoms with van der Waals surface area (Å²) in [4.78, 5) is 10.2. The number of nitriles is 1. The number of aryl methyl sites for hydroxylation is 1. The molecule has 0 aliphatic carbocycles. The van der Waals surface area contributed by atoms with E-state index in [2.05, 4.69) is 23.0 Å². The second-order valence-corrected chi connectivity index (χ2v) is 3.83. The molecule has 0 amide bonds. The minimum Gasteiger partial charge on any atom is -0.395 e. The van der Waals surface area contributed by atoms with E-state index >= 15 is 0 Å². The van der Waals surface area contributed by atoms with Gasteiger partial charge in [0.05, 0.1) is 12.8 Å². The van der Waals surface area contributed by atoms with Gasteiger partial charge in [0.2, 0.25) is 0 Å². The third-order valence-electron chi connectivity index (χ3n) is 2.46. The minimum absolute atomic E-state index is 0.0532. The molecular formula is C12H18N4O. The second-order valence-electron chi connectivity index (χ2n) is 3.83. The number of aliphatic hydroxyl groups is 1. The summed E-state index contributed by atoms with van der Waals surface area (Å²) in [5, 5.41) is 18.1. The smallest absolute Gasteiger partial charge is 0.150 e. The minimum atomic E-state index is 0.0532. The van der Waals surface area contributed by atoms with E-state index < -0.39 is 0 Å². The van der Waals surface area contributed by atoms with Gasteiger partial charge in [0.15, 0.2) is 0 Å². The molecule has 5 heteroatoms. The number of aliphatic hydroxyl groups excluding tert-OH is 1. The Kier molecular flexibility index (Phi) is 5.37. The molecule has 1 heterocycles. The molecule has 0 bridgehead atoms. The Balaban J connectivity index is 2.99. The Labute approximate surface area is 102 Å². The number of anilines is 1. The standard InChI is InChI=1S/C12H18N4O/c1-3-4-5-16(6-7-17)12-11(8-13)9-14-10(2)15-12/h9,17H,3-7H2,1-2H3. The molecule has 0 aliphatic heterocycles. The average Bonchev–Trinajstić information content (AvgIpc) is 2.34. The number of hydrogen-bond acceptors (Lipinski definition) is 5. The van der Waals surface area contributed by atoms with Crippen molar-refractivity contribution in [2.24, 2.45) is 0 Å². The van der Waals surface area contributed by atoms with E-state index in [9.17, 15) is 0 Å². The van der Waals surface area contributed by atoms with Crippen molar-refractivity contribution in [3.8, 4) is 6.07 Å². The molecular weight excluding hydrogens is 216 g/mol. The highest BCUT2D eigenvalue weighted by atomic mass is 16.3. The Morgan fingerprint density at radius 1 is 1.47 bits per heavy atom. The fourth-order valence-electron chi connectivity index (χ4n) is 1.57. The predicted molar refractivity (Wildman–Crippen MR) is 65.7 cm³/mol. The SMILES string of the molecule is CCCCN(CCO)c1nc(C)ncc1C#N. The van der Waals surface area contributed by atoms with Gasteiger partial charge in [-0.2, -0.15) is 5.26 Å². The van der Waals surface area contributed by atoms with Gasteiger partial charge >= 0.3 is 0 Å². The lowest BCUT2D eigenvalue weighted by Gasteiger charge is -2.23. The van der Waals surface area contributed by atoms with Crippen molar-refractivity contribution in [1.82, 2.24) is 9.97 Å². The van der Waals surface area contributed by atoms with Crippen LogP contribution in [0.25, 0.3) is 0 Å². The molecule has 1 N–H and O–H groups in total. The van der Waals surface area contributed by atoms with E-state index in [4.69, 9.17) is 10.4 Å². The molecule has 1 aromatic heterocycles. The Morgan fingerprint density at radius 3 is 2.82 bits per heavy atom. The van der Waals surface area contributed by atoms with Crippen molar-refractivity contribution >= 4 is 5.82 Å². The second kappa shape index (κ2) is 6.81. The highest BCUT2D eigenvalue weighted by Crippen LogP contribution is 2.16. The van der Waals surface area contributed by atoms with Gasteiger partial charge in [-0.15, -0.1) is 0 Å². The van der Waals surface area contributed by atoms with Crippen LogP contribution in [0.2, 0.25) is 0 Å². The first kappa shape index (κ1) is 13.4. The van der Waals surface area contributed by atoms with Gasteiger partial charge in [0, 0.05) is 13.1 Å². The Bertz CT molecular complexity index is 400. The van der Waals surface area contributed by atoms with Crippen molar-refractivity contribution in [3.05, 3.63) is 17.6 Å². The monoisotopic (exact) mass is 234 g/mol. The molecule has 0 atom stereocenters. The number of aromatic nitrogens is 2. The van der Waals surface area contributed by atoms with Crippen LogP contribution in [0.1, 0.15) is 31.2 Å². The lowest BCUT2D eigenvalue weighted by Crippen LogP contribution is -2.29. The maximum absolute atomic E-state index is 9.06. The van der Waals surface area contributed by atoms with Crippen LogP contribution >= 0.6 is 0 Å². The number of unbranched alkanes of at least 4 members (excludes halogenated alkanes) is 1. The van der Waals surface area contributed by atoms with Crippen LogP contribution in [-0.2, 0) is 0 Å². The topological polar surface area (TPSA) is 73.0 Å². The molecule has 0 aromatic carbocycles. The highest BCUT2D eigenvalue weighted by molar-refractivity contribution is 5.52. The molecule has 0 fully saturated rings. The van der Waals surface area contributed by atoms with E-state index in [1.54, 1.807) is 6.92 Å². The average molecular weight is 234 g/mol. The van der Waals surface area contributed by atoms with Crippen LogP contribution in [0.5, 0.6) is 0 Å². The Morgan fingerprint density at radius 2 is 2.24 bits per heavy atom. The molecule has 1 rings (SSSR count). The van der Waals surface area contributed by atoms with E-state index in [0.717, 1.165) is 19.4 Å². The molecule has 0 saturated carbocycles. The van der Waals surface area contributed by atoms with Gasteiger partial charge in [0.1, 0.15) is 23.3 Å². The van der Waals surface area contributed by atoms with E-state index in [1.807, 2.05) is 4.90 Å². The molecule has 1 aromatic rings. The maximum Gasteiger partial charge on any atom is 0.150 e. The van der Waals surface area contributed by atoms with Gasteiger partial charge in [-0.3, -0.25) is 0 Å². The van der Waals surface area contributed by atoms with Crippen LogP contribution in [0, 0.1) is 18.3 Å². The third kappa shape index (κ3) is 3.68. The lowest BCUT2D eigenvalue weighted by atomic mass is 10.2. The number of nitrogens with zero attached hydrogens (tertiary/aromatic N) is 4. The number of hydrogen-bond donors (Lipinski definition) is 1. The van der Waals surface area contributed by atoms with Crippen LogP contribution < -0.4 is 4.90 Å². The summed E-state index contributed by atoms with van der Waals surface area (Å²) < 4.78 is 0. The molecule has 0 spiro atoms. The van der Waals surface area contributed by atoms with Gasteiger partial charge in [-0.25, -0.2) is 9.97 Å². The highest BCUT2D eigenvalue weighted by Gasteiger charge is 2.13. The maximum atomic E-state index is 9.06. The normalized spacial score (nSPS) is 10.0. The zero-order valence-corrected chi connectivity index (χ0v) is 10.3. The van der Waals surface area contributed by atoms with E-state index in [0.29, 0.717) is 23.8 Å². The summed E-state index contributed by atoms with van der Waals surface area (Å²) in [6, 6.07) is 2.09. The van der Waals surface area contributed by atoms with E-state index in [-0.39, 0.29) is 6.61 Å². The molecule has 0 radical (unpaired) electrons. The zero-order chi connectivity index (χ0) is 12.7. The molecule has 0 aliphatic rings. The van der Waals surface area contributed by atoms with Gasteiger partial charge in [-0.1, -0.05) is 13.3 Å². The fourth-order valence-corrected chi connectivity index (χ4v) is 1.57. The van der Waals surface area contributed by atoms with E-state index in [1.165, 1.54) is 6.20 Å². The van der Waals surface area contributed by atoms with Crippen LogP contribution in [0.15, 0.2) is 6.20 Å². The van der Waals surface area contributed by atoms with Crippen LogP contribution in [0.3, 0.4) is 0 Å². The van der Waals surface area contributed by atoms with Gasteiger partial charge < -0.3 is 10.0 Å². The largest absolute Gasteiger partial charge is 0.395 e. The lowest BCUT2D eigenvalue weighted by molar-refractivity contribution is 0.301. The number of rotatable bonds is 6. The fraction of sp³-hybridized carbons (Fsp3) is 0.583. The summed E-state index contributed by atoms with van der Waals surface area (Å²) in [6.07, 6.45) is 3.61. The Hall–Kier alpha value is -1.67. The van der Waals surface area contributed by atoms with Gasteiger partial charge in [0.25, 0.3) is 0 Å². The quantitative estimate of drug-likeness (QED) is 0.802. The first-order valence-corrected chi connectivity index (χ1v) is 5.82. The first-order valence-electron chi connectivity index (χ1n) is 5.82. The molecule has 17 heavy (non-hydrogen) atoms. The summed E-state index contributed by atoms with van der Waals surface area (Å²) in [7, 11) is 0. The van der Waals surface area contributed by atoms with Gasteiger partial charge in [-0.05, 0) is 13.3 Å². The van der Waals surface area contributed by atoms with Crippen molar-refractivity contribution < 1.29 is 5.11 Å². The summed E-state index contributed by atoms with van der Waals surface area (Å²) in [6.45, 7) is 5.24. The summed E-state index contributed by atoms with van der Waals surface area (Å²) in [5.41, 5.74) is 0.458. The first-order chi connectivity index (χ1) is 8.22. The van der Waals surface area contributed by atoms with Crippen molar-refractivity contribution in [3.63, 3.8) is 0 Å². The van der Waals surface area contributed by atoms with Crippen molar-refractivity contribution in [1.29, 1.82) is 5.26 Å².